The van der Waals surface area contributed by atoms with Crippen molar-refractivity contribution in [2.45, 2.75) is 32.1 Å². The van der Waals surface area contributed by atoms with Gasteiger partial charge >= 0.3 is 0 Å². The standard InChI is InChI=1S/C24H29N3O3/c28-24-21-13-23-22(29-17-30-23)12-20(21)7-11-27(24)16-19-6-3-10-26(15-19)9-2-5-18-4-1-8-25-14-18/h1,4,8,12-14,19H,2-3,5-7,9-11,15-17H2. The van der Waals surface area contributed by atoms with Gasteiger partial charge in [-0.3, -0.25) is 9.78 Å². The van der Waals surface area contributed by atoms with E-state index in [1.54, 1.807) is 0 Å². The van der Waals surface area contributed by atoms with Gasteiger partial charge in [0.25, 0.3) is 5.91 Å². The molecule has 0 aliphatic carbocycles. The predicted molar refractivity (Wildman–Crippen MR) is 114 cm³/mol. The van der Waals surface area contributed by atoms with Gasteiger partial charge in [-0.1, -0.05) is 6.07 Å². The van der Waals surface area contributed by atoms with E-state index >= 15 is 0 Å². The molecular formula is C24H29N3O3. The Hall–Kier alpha value is -2.60. The predicted octanol–water partition coefficient (Wildman–Crippen LogP) is 3.15. The van der Waals surface area contributed by atoms with Crippen LogP contribution in [0.1, 0.15) is 40.7 Å². The first-order valence-electron chi connectivity index (χ1n) is 11.1. The molecule has 1 aromatic carbocycles. The third-order valence-electron chi connectivity index (χ3n) is 6.51. The first-order chi connectivity index (χ1) is 14.8. The zero-order valence-electron chi connectivity index (χ0n) is 17.4. The number of piperidine rings is 1. The summed E-state index contributed by atoms with van der Waals surface area (Å²) >= 11 is 0. The Bertz CT molecular complexity index is 902. The lowest BCUT2D eigenvalue weighted by Crippen LogP contribution is -2.45. The summed E-state index contributed by atoms with van der Waals surface area (Å²) in [5, 5.41) is 0. The highest BCUT2D eigenvalue weighted by molar-refractivity contribution is 5.97. The average molecular weight is 408 g/mol. The lowest BCUT2D eigenvalue weighted by atomic mass is 9.94. The molecule has 0 N–H and O–H groups in total. The number of ether oxygens (including phenoxy) is 2. The van der Waals surface area contributed by atoms with Crippen molar-refractivity contribution in [3.8, 4) is 11.5 Å². The number of hydrogen-bond acceptors (Lipinski definition) is 5. The lowest BCUT2D eigenvalue weighted by Gasteiger charge is -2.37. The Morgan fingerprint density at radius 2 is 2.07 bits per heavy atom. The summed E-state index contributed by atoms with van der Waals surface area (Å²) in [5.74, 6) is 2.16. The van der Waals surface area contributed by atoms with Crippen molar-refractivity contribution >= 4 is 5.91 Å². The molecule has 1 aromatic heterocycles. The van der Waals surface area contributed by atoms with Crippen molar-refractivity contribution in [1.82, 2.24) is 14.8 Å². The second kappa shape index (κ2) is 8.64. The van der Waals surface area contributed by atoms with E-state index in [4.69, 9.17) is 9.47 Å². The number of aryl methyl sites for hydroxylation is 1. The topological polar surface area (TPSA) is 54.9 Å². The van der Waals surface area contributed by atoms with E-state index in [9.17, 15) is 4.79 Å². The normalized spacial score (nSPS) is 21.0. The molecule has 5 rings (SSSR count). The maximum absolute atomic E-state index is 13.1. The van der Waals surface area contributed by atoms with E-state index in [0.717, 1.165) is 62.3 Å². The first-order valence-corrected chi connectivity index (χ1v) is 11.1. The minimum Gasteiger partial charge on any atom is -0.454 e. The SMILES string of the molecule is O=C1c2cc3c(cc2CCN1CC1CCCN(CCCc2cccnc2)C1)OCO3. The number of carbonyl (C=O) groups is 1. The summed E-state index contributed by atoms with van der Waals surface area (Å²) in [7, 11) is 0. The Morgan fingerprint density at radius 1 is 1.17 bits per heavy atom. The number of hydrogen-bond donors (Lipinski definition) is 0. The van der Waals surface area contributed by atoms with Crippen molar-refractivity contribution in [3.05, 3.63) is 53.3 Å². The molecule has 0 spiro atoms. The number of fused-ring (bicyclic) bond motifs is 2. The smallest absolute Gasteiger partial charge is 0.254 e. The molecule has 0 bridgehead atoms. The van der Waals surface area contributed by atoms with Crippen LogP contribution in [0.2, 0.25) is 0 Å². The molecule has 30 heavy (non-hydrogen) atoms. The fraction of sp³-hybridized carbons (Fsp3) is 0.500. The van der Waals surface area contributed by atoms with Crippen LogP contribution in [0.25, 0.3) is 0 Å². The van der Waals surface area contributed by atoms with Crippen molar-refractivity contribution < 1.29 is 14.3 Å². The van der Waals surface area contributed by atoms with Gasteiger partial charge < -0.3 is 19.3 Å². The molecule has 1 amide bonds. The van der Waals surface area contributed by atoms with E-state index < -0.39 is 0 Å². The number of rotatable bonds is 6. The van der Waals surface area contributed by atoms with Gasteiger partial charge in [0.1, 0.15) is 0 Å². The Labute approximate surface area is 177 Å². The summed E-state index contributed by atoms with van der Waals surface area (Å²) in [6, 6.07) is 8.01. The van der Waals surface area contributed by atoms with Crippen molar-refractivity contribution in [1.29, 1.82) is 0 Å². The van der Waals surface area contributed by atoms with Crippen LogP contribution < -0.4 is 9.47 Å². The van der Waals surface area contributed by atoms with Crippen LogP contribution >= 0.6 is 0 Å². The molecule has 2 aromatic rings. The van der Waals surface area contributed by atoms with Gasteiger partial charge in [0, 0.05) is 37.6 Å². The Balaban J connectivity index is 1.15. The van der Waals surface area contributed by atoms with Crippen molar-refractivity contribution in [3.63, 3.8) is 0 Å². The minimum absolute atomic E-state index is 0.142. The van der Waals surface area contributed by atoms with Gasteiger partial charge in [0.2, 0.25) is 6.79 Å². The highest BCUT2D eigenvalue weighted by Crippen LogP contribution is 2.37. The molecule has 3 aliphatic rings. The van der Waals surface area contributed by atoms with Crippen LogP contribution in [0.4, 0.5) is 0 Å². The number of benzene rings is 1. The maximum Gasteiger partial charge on any atom is 0.254 e. The second-order valence-electron chi connectivity index (χ2n) is 8.64. The van der Waals surface area contributed by atoms with E-state index in [1.807, 2.05) is 35.5 Å². The van der Waals surface area contributed by atoms with E-state index in [0.29, 0.717) is 11.7 Å². The van der Waals surface area contributed by atoms with Crippen LogP contribution in [-0.2, 0) is 12.8 Å². The van der Waals surface area contributed by atoms with Crippen LogP contribution in [0.3, 0.4) is 0 Å². The number of aromatic nitrogens is 1. The molecule has 0 radical (unpaired) electrons. The fourth-order valence-corrected chi connectivity index (χ4v) is 4.96. The molecule has 1 unspecified atom stereocenters. The molecule has 6 nitrogen and oxygen atoms in total. The first kappa shape index (κ1) is 19.4. The molecule has 158 valence electrons. The summed E-state index contributed by atoms with van der Waals surface area (Å²) in [6.45, 7) is 5.27. The zero-order chi connectivity index (χ0) is 20.3. The monoisotopic (exact) mass is 407 g/mol. The van der Waals surface area contributed by atoms with E-state index in [2.05, 4.69) is 16.0 Å². The lowest BCUT2D eigenvalue weighted by molar-refractivity contribution is 0.0660. The molecule has 1 fully saturated rings. The fourth-order valence-electron chi connectivity index (χ4n) is 4.96. The van der Waals surface area contributed by atoms with Gasteiger partial charge in [-0.2, -0.15) is 0 Å². The number of pyridine rings is 1. The molecule has 3 aliphatic heterocycles. The van der Waals surface area contributed by atoms with Gasteiger partial charge in [0.05, 0.1) is 0 Å². The number of carbonyl (C=O) groups excluding carboxylic acids is 1. The van der Waals surface area contributed by atoms with Crippen LogP contribution in [0.15, 0.2) is 36.7 Å². The van der Waals surface area contributed by atoms with Gasteiger partial charge in [-0.15, -0.1) is 0 Å². The number of nitrogens with zero attached hydrogens (tertiary/aromatic N) is 3. The van der Waals surface area contributed by atoms with Gasteiger partial charge in [0.15, 0.2) is 11.5 Å². The number of amides is 1. The molecule has 0 saturated carbocycles. The molecule has 1 atom stereocenters. The third kappa shape index (κ3) is 4.15. The number of likely N-dealkylation sites (tertiary alicyclic amines) is 1. The Kier molecular flexibility index (Phi) is 5.58. The highest BCUT2D eigenvalue weighted by atomic mass is 16.7. The summed E-state index contributed by atoms with van der Waals surface area (Å²) in [6.07, 6.45) is 9.33. The van der Waals surface area contributed by atoms with E-state index in [-0.39, 0.29) is 12.7 Å². The molecule has 1 saturated heterocycles. The summed E-state index contributed by atoms with van der Waals surface area (Å²) in [4.78, 5) is 21.9. The molecule has 4 heterocycles. The average Bonchev–Trinajstić information content (AvgIpc) is 3.23. The molecular weight excluding hydrogens is 378 g/mol. The van der Waals surface area contributed by atoms with E-state index in [1.165, 1.54) is 24.9 Å². The minimum atomic E-state index is 0.142. The zero-order valence-corrected chi connectivity index (χ0v) is 17.4. The maximum atomic E-state index is 13.1. The quantitative estimate of drug-likeness (QED) is 0.736. The van der Waals surface area contributed by atoms with Gasteiger partial charge in [-0.05, 0) is 80.4 Å². The van der Waals surface area contributed by atoms with Crippen molar-refractivity contribution in [2.75, 3.05) is 39.5 Å². The summed E-state index contributed by atoms with van der Waals surface area (Å²) < 4.78 is 10.9. The molecule has 6 heteroatoms. The largest absolute Gasteiger partial charge is 0.454 e. The highest BCUT2D eigenvalue weighted by Gasteiger charge is 2.30. The van der Waals surface area contributed by atoms with Crippen LogP contribution in [-0.4, -0.2) is 60.2 Å². The van der Waals surface area contributed by atoms with Crippen molar-refractivity contribution in [2.24, 2.45) is 5.92 Å². The third-order valence-corrected chi connectivity index (χ3v) is 6.51. The Morgan fingerprint density at radius 3 is 2.93 bits per heavy atom. The van der Waals surface area contributed by atoms with Crippen LogP contribution in [0.5, 0.6) is 11.5 Å². The second-order valence-corrected chi connectivity index (χ2v) is 8.64. The van der Waals surface area contributed by atoms with Crippen LogP contribution in [0, 0.1) is 5.92 Å². The summed E-state index contributed by atoms with van der Waals surface area (Å²) in [5.41, 5.74) is 3.18. The van der Waals surface area contributed by atoms with Gasteiger partial charge in [-0.25, -0.2) is 0 Å².